The summed E-state index contributed by atoms with van der Waals surface area (Å²) in [4.78, 5) is 11.5. The van der Waals surface area contributed by atoms with Gasteiger partial charge in [0.25, 0.3) is 0 Å². The molecule has 0 aromatic rings. The second-order valence-electron chi connectivity index (χ2n) is 6.69. The van der Waals surface area contributed by atoms with Crippen LogP contribution in [0.3, 0.4) is 0 Å². The van der Waals surface area contributed by atoms with Crippen molar-refractivity contribution in [1.82, 2.24) is 0 Å². The van der Waals surface area contributed by atoms with Crippen molar-refractivity contribution in [2.24, 2.45) is 0 Å². The maximum atomic E-state index is 11.5. The van der Waals surface area contributed by atoms with Crippen LogP contribution < -0.4 is 0 Å². The van der Waals surface area contributed by atoms with Gasteiger partial charge in [-0.1, -0.05) is 47.6 Å². The average Bonchev–Trinajstić information content (AvgIpc) is 2.49. The first-order chi connectivity index (χ1) is 8.80. The van der Waals surface area contributed by atoms with E-state index in [2.05, 4.69) is 41.5 Å². The molecule has 3 heteroatoms. The van der Waals surface area contributed by atoms with Crippen LogP contribution in [0.1, 0.15) is 60.8 Å². The van der Waals surface area contributed by atoms with Crippen molar-refractivity contribution in [1.29, 1.82) is 0 Å². The summed E-state index contributed by atoms with van der Waals surface area (Å²) in [6.07, 6.45) is 6.50. The molecule has 0 spiro atoms. The Kier molecular flexibility index (Phi) is 6.00. The Hall–Kier alpha value is -0.413. The Morgan fingerprint density at radius 1 is 1.11 bits per heavy atom. The minimum absolute atomic E-state index is 0.144. The lowest BCUT2D eigenvalue weighted by atomic mass is 10.2. The third-order valence-corrected chi connectivity index (χ3v) is 10.6. The highest BCUT2D eigenvalue weighted by Crippen LogP contribution is 2.43. The van der Waals surface area contributed by atoms with Crippen LogP contribution in [-0.4, -0.2) is 20.2 Å². The minimum Gasteiger partial charge on any atom is -0.410 e. The number of allylic oxidation sites excluding steroid dienone is 1. The molecule has 0 fully saturated rings. The molecule has 0 saturated carbocycles. The van der Waals surface area contributed by atoms with Crippen molar-refractivity contribution in [3.05, 3.63) is 12.2 Å². The fraction of sp³-hybridized carbons (Fsp3) is 0.812. The van der Waals surface area contributed by atoms with E-state index >= 15 is 0 Å². The zero-order chi connectivity index (χ0) is 14.6. The van der Waals surface area contributed by atoms with Gasteiger partial charge in [-0.2, -0.15) is 0 Å². The molecule has 2 nitrogen and oxygen atoms in total. The molecule has 0 aromatic heterocycles. The molecule has 1 aliphatic carbocycles. The Morgan fingerprint density at radius 2 is 1.63 bits per heavy atom. The van der Waals surface area contributed by atoms with E-state index in [-0.39, 0.29) is 11.9 Å². The van der Waals surface area contributed by atoms with E-state index in [9.17, 15) is 4.79 Å². The number of carbonyl (C=O) groups excluding carboxylic acids is 1. The van der Waals surface area contributed by atoms with E-state index in [0.717, 1.165) is 12.8 Å². The molecule has 1 rings (SSSR count). The van der Waals surface area contributed by atoms with Crippen LogP contribution in [0.4, 0.5) is 0 Å². The molecule has 0 heterocycles. The first-order valence-electron chi connectivity index (χ1n) is 7.69. The lowest BCUT2D eigenvalue weighted by Crippen LogP contribution is -2.49. The van der Waals surface area contributed by atoms with E-state index in [1.54, 1.807) is 6.08 Å². The molecule has 0 N–H and O–H groups in total. The average molecular weight is 282 g/mol. The highest BCUT2D eigenvalue weighted by Gasteiger charge is 2.46. The Bertz CT molecular complexity index is 310. The van der Waals surface area contributed by atoms with Crippen molar-refractivity contribution >= 4 is 14.1 Å². The van der Waals surface area contributed by atoms with Crippen molar-refractivity contribution in [2.75, 3.05) is 0 Å². The van der Waals surface area contributed by atoms with Gasteiger partial charge in [-0.3, -0.25) is 4.79 Å². The fourth-order valence-corrected chi connectivity index (χ4v) is 9.18. The smallest absolute Gasteiger partial charge is 0.201 e. The summed E-state index contributed by atoms with van der Waals surface area (Å²) in [6, 6.07) is 0. The van der Waals surface area contributed by atoms with Crippen LogP contribution >= 0.6 is 0 Å². The molecule has 1 aliphatic rings. The lowest BCUT2D eigenvalue weighted by molar-refractivity contribution is -0.114. The van der Waals surface area contributed by atoms with Gasteiger partial charge >= 0.3 is 0 Å². The molecule has 1 atom stereocenters. The fourth-order valence-electron chi connectivity index (χ4n) is 3.64. The van der Waals surface area contributed by atoms with Gasteiger partial charge < -0.3 is 4.43 Å². The molecule has 0 aromatic carbocycles. The largest absolute Gasteiger partial charge is 0.410 e. The molecule has 0 radical (unpaired) electrons. The topological polar surface area (TPSA) is 26.3 Å². The normalized spacial score (nSPS) is 21.5. The monoisotopic (exact) mass is 282 g/mol. The van der Waals surface area contributed by atoms with Crippen molar-refractivity contribution in [3.63, 3.8) is 0 Å². The molecule has 0 aliphatic heterocycles. The molecule has 0 amide bonds. The number of ketones is 1. The lowest BCUT2D eigenvalue weighted by Gasteiger charge is -2.44. The maximum absolute atomic E-state index is 11.5. The van der Waals surface area contributed by atoms with Crippen LogP contribution in [0.2, 0.25) is 16.6 Å². The van der Waals surface area contributed by atoms with E-state index < -0.39 is 8.32 Å². The summed E-state index contributed by atoms with van der Waals surface area (Å²) in [5.74, 6) is 0.247. The Morgan fingerprint density at radius 3 is 2.11 bits per heavy atom. The summed E-state index contributed by atoms with van der Waals surface area (Å²) < 4.78 is 6.69. The molecule has 0 bridgehead atoms. The van der Waals surface area contributed by atoms with E-state index in [1.807, 2.05) is 6.08 Å². The molecule has 19 heavy (non-hydrogen) atoms. The summed E-state index contributed by atoms with van der Waals surface area (Å²) in [6.45, 7) is 13.8. The number of rotatable bonds is 5. The van der Waals surface area contributed by atoms with Gasteiger partial charge in [0.1, 0.15) is 0 Å². The van der Waals surface area contributed by atoms with Gasteiger partial charge in [-0.15, -0.1) is 0 Å². The second kappa shape index (κ2) is 6.85. The summed E-state index contributed by atoms with van der Waals surface area (Å²) >= 11 is 0. The van der Waals surface area contributed by atoms with Gasteiger partial charge in [-0.25, -0.2) is 0 Å². The van der Waals surface area contributed by atoms with Gasteiger partial charge in [-0.05, 0) is 35.5 Å². The zero-order valence-corrected chi connectivity index (χ0v) is 14.4. The highest BCUT2D eigenvalue weighted by atomic mass is 28.4. The first kappa shape index (κ1) is 16.6. The third-order valence-electron chi connectivity index (χ3n) is 4.47. The molecular weight excluding hydrogens is 252 g/mol. The van der Waals surface area contributed by atoms with Gasteiger partial charge in [0.2, 0.25) is 8.32 Å². The van der Waals surface area contributed by atoms with Gasteiger partial charge in [0.15, 0.2) is 5.78 Å². The quantitative estimate of drug-likeness (QED) is 0.673. The first-order valence-corrected chi connectivity index (χ1v) is 9.83. The third kappa shape index (κ3) is 3.79. The SMILES string of the molecule is CC(C)[Si](OC1C=CC(=O)CCC1)(C(C)C)C(C)C. The highest BCUT2D eigenvalue weighted by molar-refractivity contribution is 6.77. The molecule has 0 saturated heterocycles. The molecule has 1 unspecified atom stereocenters. The Labute approximate surface area is 119 Å². The number of hydrogen-bond donors (Lipinski definition) is 0. The van der Waals surface area contributed by atoms with Crippen molar-refractivity contribution in [3.8, 4) is 0 Å². The summed E-state index contributed by atoms with van der Waals surface area (Å²) in [5.41, 5.74) is 1.79. The zero-order valence-electron chi connectivity index (χ0n) is 13.4. The molecular formula is C16H30O2Si. The van der Waals surface area contributed by atoms with Crippen molar-refractivity contribution < 1.29 is 9.22 Å². The van der Waals surface area contributed by atoms with E-state index in [4.69, 9.17) is 4.43 Å². The number of hydrogen-bond acceptors (Lipinski definition) is 2. The van der Waals surface area contributed by atoms with Crippen LogP contribution in [0.5, 0.6) is 0 Å². The van der Waals surface area contributed by atoms with Crippen LogP contribution in [-0.2, 0) is 9.22 Å². The summed E-state index contributed by atoms with van der Waals surface area (Å²) in [7, 11) is -1.82. The predicted octanol–water partition coefficient (Wildman–Crippen LogP) is 4.86. The predicted molar refractivity (Wildman–Crippen MR) is 83.9 cm³/mol. The standard InChI is InChI=1S/C16H30O2Si/c1-12(2)19(13(3)4,14(5)6)18-16-9-7-8-15(17)10-11-16/h10-14,16H,7-9H2,1-6H3. The Balaban J connectivity index is 2.94. The number of carbonyl (C=O) groups is 1. The van der Waals surface area contributed by atoms with Crippen molar-refractivity contribution in [2.45, 2.75) is 83.5 Å². The minimum atomic E-state index is -1.82. The van der Waals surface area contributed by atoms with Gasteiger partial charge in [0, 0.05) is 6.42 Å². The van der Waals surface area contributed by atoms with E-state index in [1.165, 1.54) is 0 Å². The van der Waals surface area contributed by atoms with Crippen LogP contribution in [0.15, 0.2) is 12.2 Å². The second-order valence-corrected chi connectivity index (χ2v) is 12.1. The van der Waals surface area contributed by atoms with E-state index in [0.29, 0.717) is 23.0 Å². The molecule has 110 valence electrons. The summed E-state index contributed by atoms with van der Waals surface area (Å²) in [5, 5.41) is 0. The van der Waals surface area contributed by atoms with Crippen LogP contribution in [0.25, 0.3) is 0 Å². The maximum Gasteiger partial charge on any atom is 0.201 e. The van der Waals surface area contributed by atoms with Crippen LogP contribution in [0, 0.1) is 0 Å². The van der Waals surface area contributed by atoms with Gasteiger partial charge in [0.05, 0.1) is 6.10 Å².